The fraction of sp³-hybridized carbons (Fsp3) is 0.417. The normalized spacial score (nSPS) is 18.7. The molecular weight excluding hydrogens is 445 g/mol. The van der Waals surface area contributed by atoms with Gasteiger partial charge >= 0.3 is 6.18 Å². The summed E-state index contributed by atoms with van der Waals surface area (Å²) in [6.45, 7) is 6.87. The first kappa shape index (κ1) is 23.7. The van der Waals surface area contributed by atoms with E-state index in [0.717, 1.165) is 30.2 Å². The number of likely N-dealkylation sites (tertiary alicyclic amines) is 1. The van der Waals surface area contributed by atoms with Gasteiger partial charge in [-0.2, -0.15) is 18.3 Å². The lowest BCUT2D eigenvalue weighted by Crippen LogP contribution is -2.51. The van der Waals surface area contributed by atoms with Crippen molar-refractivity contribution in [2.75, 3.05) is 18.4 Å². The van der Waals surface area contributed by atoms with Crippen LogP contribution in [0.15, 0.2) is 42.6 Å². The number of nitrogens with zero attached hydrogens (tertiary/aromatic N) is 5. The molecular formula is C24H27F3N6O. The highest BCUT2D eigenvalue weighted by molar-refractivity contribution is 5.98. The summed E-state index contributed by atoms with van der Waals surface area (Å²) in [6, 6.07) is 9.60. The molecule has 0 bridgehead atoms. The maximum absolute atomic E-state index is 13.8. The number of alkyl halides is 3. The molecule has 180 valence electrons. The number of anilines is 1. The van der Waals surface area contributed by atoms with Crippen LogP contribution in [0.3, 0.4) is 0 Å². The number of amides is 1. The number of halogens is 3. The van der Waals surface area contributed by atoms with Crippen LogP contribution in [0, 0.1) is 19.8 Å². The summed E-state index contributed by atoms with van der Waals surface area (Å²) in [4.78, 5) is 15.6. The van der Waals surface area contributed by atoms with Crippen molar-refractivity contribution in [1.29, 1.82) is 0 Å². The molecule has 1 aromatic carbocycles. The highest BCUT2D eigenvalue weighted by Gasteiger charge is 2.34. The second-order valence-corrected chi connectivity index (χ2v) is 8.79. The third-order valence-electron chi connectivity index (χ3n) is 6.18. The van der Waals surface area contributed by atoms with Gasteiger partial charge in [0.15, 0.2) is 5.69 Å². The largest absolute Gasteiger partial charge is 0.435 e. The van der Waals surface area contributed by atoms with Crippen molar-refractivity contribution in [2.24, 2.45) is 5.92 Å². The van der Waals surface area contributed by atoms with E-state index >= 15 is 0 Å². The van der Waals surface area contributed by atoms with E-state index in [1.165, 1.54) is 6.07 Å². The minimum atomic E-state index is -4.54. The van der Waals surface area contributed by atoms with E-state index in [1.54, 1.807) is 4.68 Å². The lowest BCUT2D eigenvalue weighted by molar-refractivity contribution is -0.141. The second-order valence-electron chi connectivity index (χ2n) is 8.79. The van der Waals surface area contributed by atoms with Crippen molar-refractivity contribution in [2.45, 2.75) is 45.8 Å². The van der Waals surface area contributed by atoms with Crippen LogP contribution in [0.5, 0.6) is 0 Å². The van der Waals surface area contributed by atoms with E-state index in [4.69, 9.17) is 0 Å². The lowest BCUT2D eigenvalue weighted by Gasteiger charge is -2.40. The highest BCUT2D eigenvalue weighted by atomic mass is 19.4. The molecule has 0 spiro atoms. The van der Waals surface area contributed by atoms with E-state index in [9.17, 15) is 18.0 Å². The molecule has 1 aliphatic rings. The van der Waals surface area contributed by atoms with Gasteiger partial charge in [-0.05, 0) is 62.9 Å². The maximum Gasteiger partial charge on any atom is 0.435 e. The predicted octanol–water partition coefficient (Wildman–Crippen LogP) is 4.65. The van der Waals surface area contributed by atoms with Crippen LogP contribution in [-0.2, 0) is 6.18 Å². The zero-order valence-corrected chi connectivity index (χ0v) is 19.3. The first-order valence-corrected chi connectivity index (χ1v) is 11.2. The molecule has 0 unspecified atom stereocenters. The minimum absolute atomic E-state index is 0.0938. The Balaban J connectivity index is 1.57. The van der Waals surface area contributed by atoms with E-state index in [1.807, 2.05) is 49.2 Å². The van der Waals surface area contributed by atoms with Crippen LogP contribution in [0.25, 0.3) is 5.69 Å². The average molecular weight is 473 g/mol. The molecule has 34 heavy (non-hydrogen) atoms. The van der Waals surface area contributed by atoms with E-state index < -0.39 is 11.9 Å². The number of hydrogen-bond donors (Lipinski definition) is 1. The van der Waals surface area contributed by atoms with Gasteiger partial charge in [-0.15, -0.1) is 10.2 Å². The molecule has 10 heteroatoms. The summed E-state index contributed by atoms with van der Waals surface area (Å²) in [6.07, 6.45) is -0.872. The first-order valence-electron chi connectivity index (χ1n) is 11.2. The smallest absolute Gasteiger partial charge is 0.367 e. The van der Waals surface area contributed by atoms with Crippen LogP contribution >= 0.6 is 0 Å². The quantitative estimate of drug-likeness (QED) is 0.585. The number of aromatic nitrogens is 4. The fourth-order valence-corrected chi connectivity index (χ4v) is 4.32. The number of nitrogens with one attached hydrogen (secondary N) is 1. The fourth-order valence-electron chi connectivity index (χ4n) is 4.32. The van der Waals surface area contributed by atoms with Crippen LogP contribution in [0.1, 0.15) is 47.1 Å². The predicted molar refractivity (Wildman–Crippen MR) is 122 cm³/mol. The molecule has 3 aromatic rings. The SMILES string of the molecule is Cc1ccc(-n2ccc(C)n2)c(C(=O)N2CCC[C@@H](C)[C@H]2CNc2ccc(C(F)(F)F)nn2)c1. The molecule has 1 saturated heterocycles. The third kappa shape index (κ3) is 5.05. The van der Waals surface area contributed by atoms with Crippen LogP contribution in [0.2, 0.25) is 0 Å². The summed E-state index contributed by atoms with van der Waals surface area (Å²) in [5.41, 5.74) is 2.06. The van der Waals surface area contributed by atoms with Crippen molar-refractivity contribution in [1.82, 2.24) is 24.9 Å². The molecule has 1 N–H and O–H groups in total. The number of carbonyl (C=O) groups excluding carboxylic acids is 1. The van der Waals surface area contributed by atoms with E-state index in [2.05, 4.69) is 27.5 Å². The minimum Gasteiger partial charge on any atom is -0.367 e. The standard InChI is InChI=1S/C24H27F3N6O/c1-15-6-7-19(33-12-10-17(3)31-33)18(13-15)23(34)32-11-4-5-16(2)20(32)14-28-22-9-8-21(29-30-22)24(25,26)27/h6-10,12-13,16,20H,4-5,11,14H2,1-3H3,(H,28,30)/t16-,20-/m1/s1. The first-order chi connectivity index (χ1) is 16.1. The molecule has 0 radical (unpaired) electrons. The monoisotopic (exact) mass is 472 g/mol. The van der Waals surface area contributed by atoms with Gasteiger partial charge in [-0.25, -0.2) is 4.68 Å². The van der Waals surface area contributed by atoms with Gasteiger partial charge in [-0.1, -0.05) is 18.6 Å². The molecule has 0 saturated carbocycles. The summed E-state index contributed by atoms with van der Waals surface area (Å²) in [7, 11) is 0. The van der Waals surface area contributed by atoms with E-state index in [-0.39, 0.29) is 23.7 Å². The van der Waals surface area contributed by atoms with Gasteiger partial charge < -0.3 is 10.2 Å². The summed E-state index contributed by atoms with van der Waals surface area (Å²) in [5.74, 6) is 0.345. The summed E-state index contributed by atoms with van der Waals surface area (Å²) < 4.78 is 40.0. The molecule has 2 atom stereocenters. The van der Waals surface area contributed by atoms with Crippen molar-refractivity contribution >= 4 is 11.7 Å². The summed E-state index contributed by atoms with van der Waals surface area (Å²) >= 11 is 0. The van der Waals surface area contributed by atoms with Gasteiger partial charge in [0.2, 0.25) is 0 Å². The van der Waals surface area contributed by atoms with Crippen molar-refractivity contribution < 1.29 is 18.0 Å². The van der Waals surface area contributed by atoms with Gasteiger partial charge in [0.1, 0.15) is 5.82 Å². The number of hydrogen-bond acceptors (Lipinski definition) is 5. The molecule has 1 fully saturated rings. The number of aryl methyl sites for hydroxylation is 2. The van der Waals surface area contributed by atoms with Crippen molar-refractivity contribution in [3.8, 4) is 5.69 Å². The Kier molecular flexibility index (Phi) is 6.58. The van der Waals surface area contributed by atoms with Gasteiger partial charge in [0, 0.05) is 19.3 Å². The van der Waals surface area contributed by atoms with Crippen LogP contribution in [-0.4, -0.2) is 49.9 Å². The Morgan fingerprint density at radius 3 is 2.59 bits per heavy atom. The molecule has 2 aromatic heterocycles. The number of carbonyl (C=O) groups is 1. The lowest BCUT2D eigenvalue weighted by atomic mass is 9.89. The number of piperidine rings is 1. The van der Waals surface area contributed by atoms with Gasteiger partial charge in [0.25, 0.3) is 5.91 Å². The second kappa shape index (κ2) is 9.44. The van der Waals surface area contributed by atoms with Gasteiger partial charge in [0.05, 0.1) is 23.0 Å². The average Bonchev–Trinajstić information content (AvgIpc) is 3.23. The molecule has 1 aliphatic heterocycles. The van der Waals surface area contributed by atoms with Gasteiger partial charge in [-0.3, -0.25) is 4.79 Å². The third-order valence-corrected chi connectivity index (χ3v) is 6.18. The molecule has 0 aliphatic carbocycles. The maximum atomic E-state index is 13.8. The Morgan fingerprint density at radius 1 is 1.15 bits per heavy atom. The Hall–Kier alpha value is -3.43. The Morgan fingerprint density at radius 2 is 1.94 bits per heavy atom. The molecule has 7 nitrogen and oxygen atoms in total. The summed E-state index contributed by atoms with van der Waals surface area (Å²) in [5, 5.41) is 14.5. The number of rotatable bonds is 5. The number of benzene rings is 1. The van der Waals surface area contributed by atoms with Crippen molar-refractivity contribution in [3.05, 3.63) is 65.1 Å². The van der Waals surface area contributed by atoms with Crippen LogP contribution in [0.4, 0.5) is 19.0 Å². The Bertz CT molecular complexity index is 1160. The van der Waals surface area contributed by atoms with Crippen LogP contribution < -0.4 is 5.32 Å². The highest BCUT2D eigenvalue weighted by Crippen LogP contribution is 2.29. The molecule has 3 heterocycles. The van der Waals surface area contributed by atoms with Crippen molar-refractivity contribution in [3.63, 3.8) is 0 Å². The Labute approximate surface area is 196 Å². The molecule has 4 rings (SSSR count). The topological polar surface area (TPSA) is 75.9 Å². The zero-order valence-electron chi connectivity index (χ0n) is 19.3. The zero-order chi connectivity index (χ0) is 24.5. The molecule has 1 amide bonds. The van der Waals surface area contributed by atoms with E-state index in [0.29, 0.717) is 24.3 Å².